The predicted octanol–water partition coefficient (Wildman–Crippen LogP) is 3.29. The number of likely N-dealkylation sites (N-methyl/N-ethyl adjacent to an activating group) is 1. The molecule has 0 unspecified atom stereocenters. The monoisotopic (exact) mass is 570 g/mol. The highest BCUT2D eigenvalue weighted by Crippen LogP contribution is 2.48. The van der Waals surface area contributed by atoms with E-state index < -0.39 is 17.2 Å². The van der Waals surface area contributed by atoms with Crippen LogP contribution in [0.1, 0.15) is 23.2 Å². The number of hydrogen-bond acceptors (Lipinski definition) is 7. The van der Waals surface area contributed by atoms with Gasteiger partial charge in [0.05, 0.1) is 11.1 Å². The molecule has 42 heavy (non-hydrogen) atoms. The zero-order chi connectivity index (χ0) is 29.0. The molecule has 0 radical (unpaired) electrons. The maximum Gasteiger partial charge on any atom is 0.256 e. The maximum absolute atomic E-state index is 15.9. The lowest BCUT2D eigenvalue weighted by atomic mass is 10.0. The minimum absolute atomic E-state index is 0.0237. The standard InChI is InChI=1S/C32H35FN6O3/c1-36-11-13-37(14-12-36)9-4-8-35-32(41)24-19-39-26-15-20-5-2-3-6-21(20)16-27(26)42-31-28(39)23(30(24)40)17-25(33)29(31)38-10-7-22(34)18-38/h2-3,5-6,15-17,19,22H,4,7-14,18,34H2,1H3,(H,35,41)/t22-/m1/s1. The number of carbonyl (C=O) groups excluding carboxylic acids is 1. The number of hydrogen-bond donors (Lipinski definition) is 2. The Morgan fingerprint density at radius 3 is 2.60 bits per heavy atom. The number of nitrogens with zero attached hydrogens (tertiary/aromatic N) is 4. The number of nitrogens with one attached hydrogen (secondary N) is 1. The third-order valence-corrected chi connectivity index (χ3v) is 8.79. The van der Waals surface area contributed by atoms with Crippen molar-refractivity contribution in [3.63, 3.8) is 0 Å². The first-order chi connectivity index (χ1) is 20.4. The van der Waals surface area contributed by atoms with Gasteiger partial charge in [-0.2, -0.15) is 0 Å². The summed E-state index contributed by atoms with van der Waals surface area (Å²) in [5, 5.41) is 4.99. The number of pyridine rings is 1. The number of ether oxygens (including phenoxy) is 1. The summed E-state index contributed by atoms with van der Waals surface area (Å²) < 4.78 is 24.1. The fourth-order valence-electron chi connectivity index (χ4n) is 6.41. The summed E-state index contributed by atoms with van der Waals surface area (Å²) in [6, 6.07) is 13.0. The molecule has 4 aromatic rings. The molecule has 0 bridgehead atoms. The molecule has 218 valence electrons. The molecule has 1 atom stereocenters. The second-order valence-electron chi connectivity index (χ2n) is 11.7. The summed E-state index contributed by atoms with van der Waals surface area (Å²) in [7, 11) is 2.12. The smallest absolute Gasteiger partial charge is 0.256 e. The first-order valence-electron chi connectivity index (χ1n) is 14.7. The predicted molar refractivity (Wildman–Crippen MR) is 163 cm³/mol. The summed E-state index contributed by atoms with van der Waals surface area (Å²) in [5.74, 6) is -0.225. The molecule has 10 heteroatoms. The van der Waals surface area contributed by atoms with Gasteiger partial charge in [0.1, 0.15) is 16.8 Å². The Kier molecular flexibility index (Phi) is 6.84. The SMILES string of the molecule is CN1CCN(CCCNC(=O)c2cn3c4c(c(N5CC[C@@H](N)C5)c(F)cc4c2=O)Oc2cc4ccccc4cc2-3)CC1. The molecule has 3 N–H and O–H groups in total. The average molecular weight is 571 g/mol. The van der Waals surface area contributed by atoms with Gasteiger partial charge in [-0.25, -0.2) is 4.39 Å². The Bertz CT molecular complexity index is 1760. The van der Waals surface area contributed by atoms with Crippen molar-refractivity contribution in [2.24, 2.45) is 5.73 Å². The number of aromatic nitrogens is 1. The quantitative estimate of drug-likeness (QED) is 0.303. The van der Waals surface area contributed by atoms with Gasteiger partial charge in [0.25, 0.3) is 5.91 Å². The van der Waals surface area contributed by atoms with Crippen molar-refractivity contribution in [1.82, 2.24) is 19.7 Å². The molecule has 7 rings (SSSR count). The van der Waals surface area contributed by atoms with Crippen molar-refractivity contribution in [3.8, 4) is 17.2 Å². The molecule has 0 aliphatic carbocycles. The molecule has 2 fully saturated rings. The molecular weight excluding hydrogens is 535 g/mol. The van der Waals surface area contributed by atoms with Crippen molar-refractivity contribution < 1.29 is 13.9 Å². The molecule has 1 amide bonds. The number of nitrogens with two attached hydrogens (primary N) is 1. The van der Waals surface area contributed by atoms with E-state index in [0.717, 1.165) is 56.3 Å². The minimum atomic E-state index is -0.566. The molecule has 3 aliphatic rings. The van der Waals surface area contributed by atoms with E-state index in [2.05, 4.69) is 22.2 Å². The zero-order valence-electron chi connectivity index (χ0n) is 23.7. The highest BCUT2D eigenvalue weighted by molar-refractivity contribution is 6.02. The van der Waals surface area contributed by atoms with E-state index >= 15 is 4.39 Å². The van der Waals surface area contributed by atoms with Gasteiger partial charge in [0.2, 0.25) is 5.43 Å². The fraction of sp³-hybridized carbons (Fsp3) is 0.375. The Hall–Kier alpha value is -3.99. The number of benzene rings is 3. The second kappa shape index (κ2) is 10.7. The summed E-state index contributed by atoms with van der Waals surface area (Å²) in [6.07, 6.45) is 3.09. The van der Waals surface area contributed by atoms with Crippen LogP contribution < -0.4 is 26.1 Å². The molecule has 3 aliphatic heterocycles. The second-order valence-corrected chi connectivity index (χ2v) is 11.7. The van der Waals surface area contributed by atoms with Crippen LogP contribution in [0.4, 0.5) is 10.1 Å². The Labute approximate surface area is 243 Å². The lowest BCUT2D eigenvalue weighted by molar-refractivity contribution is 0.0948. The number of carbonyl (C=O) groups is 1. The van der Waals surface area contributed by atoms with Gasteiger partial charge in [0, 0.05) is 58.1 Å². The summed E-state index contributed by atoms with van der Waals surface area (Å²) in [6.45, 7) is 6.49. The van der Waals surface area contributed by atoms with Crippen LogP contribution in [0.15, 0.2) is 53.5 Å². The van der Waals surface area contributed by atoms with Crippen LogP contribution in [-0.2, 0) is 0 Å². The number of amides is 1. The lowest BCUT2D eigenvalue weighted by Crippen LogP contribution is -2.45. The summed E-state index contributed by atoms with van der Waals surface area (Å²) >= 11 is 0. The molecular formula is C32H35FN6O3. The van der Waals surface area contributed by atoms with E-state index in [9.17, 15) is 9.59 Å². The van der Waals surface area contributed by atoms with Crippen LogP contribution in [0.5, 0.6) is 11.5 Å². The normalized spacial score (nSPS) is 18.8. The third-order valence-electron chi connectivity index (χ3n) is 8.79. The topological polar surface area (TPSA) is 96.1 Å². The Balaban J connectivity index is 1.28. The van der Waals surface area contributed by atoms with E-state index in [0.29, 0.717) is 42.3 Å². The molecule has 4 heterocycles. The van der Waals surface area contributed by atoms with Gasteiger partial charge in [-0.1, -0.05) is 24.3 Å². The molecule has 0 spiro atoms. The van der Waals surface area contributed by atoms with Crippen LogP contribution in [0.3, 0.4) is 0 Å². The molecule has 9 nitrogen and oxygen atoms in total. The highest BCUT2D eigenvalue weighted by atomic mass is 19.1. The van der Waals surface area contributed by atoms with E-state index in [1.807, 2.05) is 45.9 Å². The van der Waals surface area contributed by atoms with Crippen molar-refractivity contribution in [3.05, 3.63) is 70.3 Å². The van der Waals surface area contributed by atoms with Crippen molar-refractivity contribution in [2.45, 2.75) is 18.9 Å². The van der Waals surface area contributed by atoms with Crippen LogP contribution in [-0.4, -0.2) is 85.7 Å². The molecule has 0 saturated carbocycles. The number of rotatable bonds is 6. The van der Waals surface area contributed by atoms with E-state index in [1.54, 1.807) is 6.20 Å². The van der Waals surface area contributed by atoms with Gasteiger partial charge in [-0.3, -0.25) is 9.59 Å². The third kappa shape index (κ3) is 4.69. The van der Waals surface area contributed by atoms with Crippen LogP contribution >= 0.6 is 0 Å². The molecule has 3 aromatic carbocycles. The summed E-state index contributed by atoms with van der Waals surface area (Å²) in [5.41, 5.74) is 7.05. The lowest BCUT2D eigenvalue weighted by Gasteiger charge is -2.32. The van der Waals surface area contributed by atoms with E-state index in [4.69, 9.17) is 10.5 Å². The first kappa shape index (κ1) is 26.9. The Morgan fingerprint density at radius 1 is 1.10 bits per heavy atom. The van der Waals surface area contributed by atoms with Gasteiger partial charge in [-0.15, -0.1) is 0 Å². The largest absolute Gasteiger partial charge is 0.451 e. The first-order valence-corrected chi connectivity index (χ1v) is 14.7. The van der Waals surface area contributed by atoms with Gasteiger partial charge in [-0.05, 0) is 55.4 Å². The van der Waals surface area contributed by atoms with Gasteiger partial charge < -0.3 is 35.1 Å². The maximum atomic E-state index is 15.9. The summed E-state index contributed by atoms with van der Waals surface area (Å²) in [4.78, 5) is 33.7. The average Bonchev–Trinajstić information content (AvgIpc) is 3.41. The van der Waals surface area contributed by atoms with Crippen molar-refractivity contribution in [1.29, 1.82) is 0 Å². The van der Waals surface area contributed by atoms with Gasteiger partial charge >= 0.3 is 0 Å². The van der Waals surface area contributed by atoms with Crippen molar-refractivity contribution >= 4 is 33.3 Å². The van der Waals surface area contributed by atoms with Crippen LogP contribution in [0.2, 0.25) is 0 Å². The molecule has 2 saturated heterocycles. The fourth-order valence-corrected chi connectivity index (χ4v) is 6.41. The molecule has 1 aromatic heterocycles. The zero-order valence-corrected chi connectivity index (χ0v) is 23.7. The van der Waals surface area contributed by atoms with E-state index in [1.165, 1.54) is 6.07 Å². The van der Waals surface area contributed by atoms with Crippen LogP contribution in [0, 0.1) is 5.82 Å². The number of fused-ring (bicyclic) bond motifs is 3. The number of anilines is 1. The number of halogens is 1. The van der Waals surface area contributed by atoms with Crippen molar-refractivity contribution in [2.75, 3.05) is 64.3 Å². The Morgan fingerprint density at radius 2 is 1.86 bits per heavy atom. The van der Waals surface area contributed by atoms with E-state index in [-0.39, 0.29) is 22.7 Å². The van der Waals surface area contributed by atoms with Gasteiger partial charge in [0.15, 0.2) is 17.3 Å². The minimum Gasteiger partial charge on any atom is -0.451 e. The number of piperazine rings is 1. The van der Waals surface area contributed by atoms with Crippen LogP contribution in [0.25, 0.3) is 27.4 Å². The highest BCUT2D eigenvalue weighted by Gasteiger charge is 2.33.